The Morgan fingerprint density at radius 3 is 2.64 bits per heavy atom. The number of aromatic nitrogens is 4. The number of nitrogen functional groups attached to an aromatic ring is 1. The number of rotatable bonds is 7. The Morgan fingerprint density at radius 1 is 1.18 bits per heavy atom. The van der Waals surface area contributed by atoms with Gasteiger partial charge in [0.15, 0.2) is 11.0 Å². The van der Waals surface area contributed by atoms with E-state index in [1.807, 2.05) is 29.6 Å². The molecule has 4 rings (SSSR count). The maximum absolute atomic E-state index is 12.5. The number of thiazole rings is 1. The summed E-state index contributed by atoms with van der Waals surface area (Å²) in [7, 11) is 1.58. The number of para-hydroxylation sites is 1. The highest BCUT2D eigenvalue weighted by Gasteiger charge is 2.17. The molecule has 3 N–H and O–H groups in total. The van der Waals surface area contributed by atoms with E-state index in [-0.39, 0.29) is 11.7 Å². The van der Waals surface area contributed by atoms with Crippen LogP contribution in [-0.4, -0.2) is 38.6 Å². The quantitative estimate of drug-likeness (QED) is 0.297. The number of carbonyl (C=O) groups is 1. The van der Waals surface area contributed by atoms with Crippen LogP contribution in [0.1, 0.15) is 16.7 Å². The molecule has 4 aromatic rings. The van der Waals surface area contributed by atoms with Crippen LogP contribution in [0.15, 0.2) is 46.9 Å². The number of hydrogen-bond donors (Lipinski definition) is 2. The van der Waals surface area contributed by atoms with Gasteiger partial charge in [0.25, 0.3) is 0 Å². The number of thioether (sulfide) groups is 1. The summed E-state index contributed by atoms with van der Waals surface area (Å²) in [6.45, 7) is 6.23. The summed E-state index contributed by atoms with van der Waals surface area (Å²) in [5.74, 6) is 7.21. The van der Waals surface area contributed by atoms with Crippen molar-refractivity contribution in [3.8, 4) is 28.4 Å². The first-order valence-electron chi connectivity index (χ1n) is 10.2. The van der Waals surface area contributed by atoms with Gasteiger partial charge in [-0.15, -0.1) is 21.5 Å². The van der Waals surface area contributed by atoms with Gasteiger partial charge in [0, 0.05) is 10.9 Å². The lowest BCUT2D eigenvalue weighted by molar-refractivity contribution is -0.113. The van der Waals surface area contributed by atoms with Gasteiger partial charge in [-0.05, 0) is 44.0 Å². The summed E-state index contributed by atoms with van der Waals surface area (Å²) >= 11 is 2.60. The van der Waals surface area contributed by atoms with Gasteiger partial charge in [-0.25, -0.2) is 9.66 Å². The van der Waals surface area contributed by atoms with Crippen LogP contribution in [0.5, 0.6) is 5.75 Å². The molecule has 170 valence electrons. The molecule has 0 aliphatic carbocycles. The average Bonchev–Trinajstić information content (AvgIpc) is 3.38. The first kappa shape index (κ1) is 22.8. The van der Waals surface area contributed by atoms with E-state index in [1.165, 1.54) is 44.5 Å². The Balaban J connectivity index is 1.42. The number of nitrogens with zero attached hydrogens (tertiary/aromatic N) is 4. The number of ether oxygens (including phenoxy) is 1. The molecule has 2 aromatic heterocycles. The predicted octanol–water partition coefficient (Wildman–Crippen LogP) is 4.45. The zero-order chi connectivity index (χ0) is 23.5. The van der Waals surface area contributed by atoms with Crippen molar-refractivity contribution in [3.05, 3.63) is 58.5 Å². The van der Waals surface area contributed by atoms with E-state index in [0.29, 0.717) is 21.9 Å². The van der Waals surface area contributed by atoms with Crippen LogP contribution in [0, 0.1) is 20.8 Å². The van der Waals surface area contributed by atoms with Gasteiger partial charge in [-0.3, -0.25) is 4.79 Å². The summed E-state index contributed by atoms with van der Waals surface area (Å²) < 4.78 is 6.73. The first-order chi connectivity index (χ1) is 15.9. The second kappa shape index (κ2) is 9.63. The molecule has 0 aliphatic rings. The molecule has 33 heavy (non-hydrogen) atoms. The molecule has 0 saturated carbocycles. The molecule has 1 amide bonds. The third-order valence-corrected chi connectivity index (χ3v) is 6.73. The minimum absolute atomic E-state index is 0.124. The fourth-order valence-corrected chi connectivity index (χ4v) is 5.08. The molecule has 0 radical (unpaired) electrons. The summed E-state index contributed by atoms with van der Waals surface area (Å²) in [6, 6.07) is 11.7. The number of methoxy groups -OCH3 is 1. The van der Waals surface area contributed by atoms with Crippen molar-refractivity contribution in [2.45, 2.75) is 25.9 Å². The third-order valence-electron chi connectivity index (χ3n) is 5.03. The zero-order valence-electron chi connectivity index (χ0n) is 18.7. The normalized spacial score (nSPS) is 10.9. The van der Waals surface area contributed by atoms with Gasteiger partial charge in [-0.2, -0.15) is 0 Å². The van der Waals surface area contributed by atoms with Crippen LogP contribution in [0.4, 0.5) is 5.13 Å². The number of nitrogens with one attached hydrogen (secondary N) is 1. The number of carbonyl (C=O) groups excluding carboxylic acids is 1. The fraction of sp³-hybridized carbons (Fsp3) is 0.217. The second-order valence-electron chi connectivity index (χ2n) is 7.52. The number of hydrogen-bond acceptors (Lipinski definition) is 8. The van der Waals surface area contributed by atoms with Crippen molar-refractivity contribution in [3.63, 3.8) is 0 Å². The van der Waals surface area contributed by atoms with Crippen LogP contribution in [0.2, 0.25) is 0 Å². The van der Waals surface area contributed by atoms with E-state index < -0.39 is 0 Å². The van der Waals surface area contributed by atoms with E-state index in [9.17, 15) is 4.79 Å². The fourth-order valence-electron chi connectivity index (χ4n) is 3.70. The van der Waals surface area contributed by atoms with Gasteiger partial charge >= 0.3 is 0 Å². The molecule has 0 spiro atoms. The third kappa shape index (κ3) is 4.86. The molecule has 0 saturated heterocycles. The van der Waals surface area contributed by atoms with Crippen molar-refractivity contribution in [2.24, 2.45) is 0 Å². The number of aryl methyl sites for hydroxylation is 3. The smallest absolute Gasteiger partial charge is 0.236 e. The molecule has 2 aromatic carbocycles. The number of anilines is 1. The number of benzene rings is 2. The lowest BCUT2D eigenvalue weighted by Crippen LogP contribution is -2.16. The SMILES string of the molecule is COc1ccccc1-c1nnc(SCC(=O)Nc2nc(-c3c(C)cc(C)cc3C)cs2)n1N. The van der Waals surface area contributed by atoms with Gasteiger partial charge in [0.1, 0.15) is 5.75 Å². The van der Waals surface area contributed by atoms with Crippen molar-refractivity contribution >= 4 is 34.1 Å². The van der Waals surface area contributed by atoms with Crippen molar-refractivity contribution in [2.75, 3.05) is 24.0 Å². The highest BCUT2D eigenvalue weighted by molar-refractivity contribution is 7.99. The maximum atomic E-state index is 12.5. The summed E-state index contributed by atoms with van der Waals surface area (Å²) in [6.07, 6.45) is 0. The Bertz CT molecular complexity index is 1290. The molecule has 0 unspecified atom stereocenters. The molecular weight excluding hydrogens is 456 g/mol. The largest absolute Gasteiger partial charge is 0.496 e. The Kier molecular flexibility index (Phi) is 6.66. The van der Waals surface area contributed by atoms with Crippen LogP contribution in [0.3, 0.4) is 0 Å². The van der Waals surface area contributed by atoms with Gasteiger partial charge in [0.2, 0.25) is 11.1 Å². The average molecular weight is 481 g/mol. The van der Waals surface area contributed by atoms with Crippen LogP contribution in [0.25, 0.3) is 22.6 Å². The van der Waals surface area contributed by atoms with Crippen LogP contribution < -0.4 is 15.9 Å². The van der Waals surface area contributed by atoms with Crippen LogP contribution in [-0.2, 0) is 4.79 Å². The zero-order valence-corrected chi connectivity index (χ0v) is 20.4. The van der Waals surface area contributed by atoms with E-state index in [2.05, 4.69) is 53.4 Å². The summed E-state index contributed by atoms with van der Waals surface area (Å²) in [4.78, 5) is 17.1. The van der Waals surface area contributed by atoms with E-state index in [1.54, 1.807) is 7.11 Å². The highest BCUT2D eigenvalue weighted by atomic mass is 32.2. The molecule has 0 fully saturated rings. The van der Waals surface area contributed by atoms with Gasteiger partial charge in [0.05, 0.1) is 24.1 Å². The number of nitrogens with two attached hydrogens (primary N) is 1. The van der Waals surface area contributed by atoms with Gasteiger partial charge in [-0.1, -0.05) is 41.6 Å². The Labute approximate surface area is 200 Å². The van der Waals surface area contributed by atoms with E-state index in [4.69, 9.17) is 10.6 Å². The molecule has 0 aliphatic heterocycles. The molecule has 0 atom stereocenters. The Morgan fingerprint density at radius 2 is 1.91 bits per heavy atom. The lowest BCUT2D eigenvalue weighted by atomic mass is 9.98. The van der Waals surface area contributed by atoms with Crippen molar-refractivity contribution in [1.29, 1.82) is 0 Å². The maximum Gasteiger partial charge on any atom is 0.236 e. The van der Waals surface area contributed by atoms with Gasteiger partial charge < -0.3 is 15.9 Å². The van der Waals surface area contributed by atoms with E-state index >= 15 is 0 Å². The minimum atomic E-state index is -0.194. The highest BCUT2D eigenvalue weighted by Crippen LogP contribution is 2.32. The number of amides is 1. The predicted molar refractivity (Wildman–Crippen MR) is 133 cm³/mol. The molecule has 2 heterocycles. The molecule has 8 nitrogen and oxygen atoms in total. The lowest BCUT2D eigenvalue weighted by Gasteiger charge is -2.09. The van der Waals surface area contributed by atoms with Crippen molar-refractivity contribution < 1.29 is 9.53 Å². The molecule has 10 heteroatoms. The molecular formula is C23H24N6O2S2. The summed E-state index contributed by atoms with van der Waals surface area (Å²) in [5.41, 5.74) is 6.24. The summed E-state index contributed by atoms with van der Waals surface area (Å²) in [5, 5.41) is 14.1. The Hall–Kier alpha value is -3.37. The van der Waals surface area contributed by atoms with E-state index in [0.717, 1.165) is 16.8 Å². The minimum Gasteiger partial charge on any atom is -0.496 e. The van der Waals surface area contributed by atoms with Crippen molar-refractivity contribution in [1.82, 2.24) is 19.9 Å². The molecule has 0 bridgehead atoms. The first-order valence-corrected chi connectivity index (χ1v) is 12.0. The van der Waals surface area contributed by atoms with Crippen LogP contribution >= 0.6 is 23.1 Å². The standard InChI is InChI=1S/C23H24N6O2S2/c1-13-9-14(2)20(15(3)10-13)17-11-32-22(25-17)26-19(30)12-33-23-28-27-21(29(23)24)16-7-5-6-8-18(16)31-4/h5-11H,12,24H2,1-4H3,(H,25,26,30). The topological polar surface area (TPSA) is 108 Å². The second-order valence-corrected chi connectivity index (χ2v) is 9.33. The monoisotopic (exact) mass is 480 g/mol.